The second kappa shape index (κ2) is 9.27. The number of nitrogens with zero attached hydrogens (tertiary/aromatic N) is 1. The van der Waals surface area contributed by atoms with Gasteiger partial charge >= 0.3 is 6.18 Å². The minimum atomic E-state index is -4.61. The smallest absolute Gasteiger partial charge is 0.417 e. The lowest BCUT2D eigenvalue weighted by molar-refractivity contribution is -0.137. The Labute approximate surface area is 158 Å². The molecule has 0 radical (unpaired) electrons. The van der Waals surface area contributed by atoms with Gasteiger partial charge in [-0.25, -0.2) is 0 Å². The third kappa shape index (κ3) is 6.49. The average Bonchev–Trinajstić information content (AvgIpc) is 2.61. The lowest BCUT2D eigenvalue weighted by atomic mass is 10.2. The number of halogens is 4. The van der Waals surface area contributed by atoms with Crippen LogP contribution in [0.2, 0.25) is 5.02 Å². The molecule has 0 saturated carbocycles. The summed E-state index contributed by atoms with van der Waals surface area (Å²) in [6.07, 6.45) is -3.22. The van der Waals surface area contributed by atoms with Crippen LogP contribution in [0.5, 0.6) is 5.75 Å². The second-order valence-electron chi connectivity index (χ2n) is 5.25. The number of amides is 1. The summed E-state index contributed by atoms with van der Waals surface area (Å²) in [4.78, 5) is 16.6. The number of nitrogens with one attached hydrogen (secondary N) is 1. The van der Waals surface area contributed by atoms with Gasteiger partial charge in [0.25, 0.3) is 5.91 Å². The summed E-state index contributed by atoms with van der Waals surface area (Å²) in [5.41, 5.74) is -0.349. The molecule has 2 aromatic carbocycles. The molecule has 0 fully saturated rings. The molecular formula is C18H16ClF3N2O3. The highest BCUT2D eigenvalue weighted by Gasteiger charge is 2.33. The van der Waals surface area contributed by atoms with E-state index in [1.165, 1.54) is 12.3 Å². The Hall–Kier alpha value is -2.74. The molecule has 27 heavy (non-hydrogen) atoms. The van der Waals surface area contributed by atoms with Gasteiger partial charge in [0, 0.05) is 5.69 Å². The Morgan fingerprint density at radius 1 is 1.22 bits per heavy atom. The minimum absolute atomic E-state index is 0.0455. The van der Waals surface area contributed by atoms with Crippen LogP contribution in [0, 0.1) is 0 Å². The number of rotatable bonds is 7. The van der Waals surface area contributed by atoms with E-state index in [0.717, 1.165) is 23.4 Å². The number of ether oxygens (including phenoxy) is 1. The summed E-state index contributed by atoms with van der Waals surface area (Å²) >= 11 is 5.52. The molecule has 2 aromatic rings. The molecule has 0 unspecified atom stereocenters. The molecule has 144 valence electrons. The van der Waals surface area contributed by atoms with Gasteiger partial charge in [-0.2, -0.15) is 13.2 Å². The summed E-state index contributed by atoms with van der Waals surface area (Å²) in [7, 11) is 0. The van der Waals surface area contributed by atoms with Gasteiger partial charge in [0.2, 0.25) is 0 Å². The van der Waals surface area contributed by atoms with E-state index in [2.05, 4.69) is 10.5 Å². The fourth-order valence-corrected chi connectivity index (χ4v) is 2.25. The largest absolute Gasteiger partial charge is 0.494 e. The van der Waals surface area contributed by atoms with Crippen molar-refractivity contribution < 1.29 is 27.5 Å². The predicted molar refractivity (Wildman–Crippen MR) is 96.2 cm³/mol. The van der Waals surface area contributed by atoms with Crippen LogP contribution in [0.1, 0.15) is 18.1 Å². The molecule has 0 aromatic heterocycles. The van der Waals surface area contributed by atoms with Crippen LogP contribution in [0.4, 0.5) is 18.9 Å². The second-order valence-corrected chi connectivity index (χ2v) is 5.66. The predicted octanol–water partition coefficient (Wildman–Crippen LogP) is 4.75. The Kier molecular flexibility index (Phi) is 7.06. The first kappa shape index (κ1) is 20.6. The maximum atomic E-state index is 12.8. The minimum Gasteiger partial charge on any atom is -0.494 e. The Balaban J connectivity index is 1.86. The van der Waals surface area contributed by atoms with Crippen molar-refractivity contribution in [1.29, 1.82) is 0 Å². The van der Waals surface area contributed by atoms with Crippen LogP contribution in [0.3, 0.4) is 0 Å². The molecule has 9 heteroatoms. The molecule has 0 heterocycles. The Morgan fingerprint density at radius 3 is 2.56 bits per heavy atom. The number of hydrogen-bond acceptors (Lipinski definition) is 4. The van der Waals surface area contributed by atoms with Crippen molar-refractivity contribution in [3.8, 4) is 5.75 Å². The summed E-state index contributed by atoms with van der Waals surface area (Å²) in [5.74, 6) is 0.0606. The molecule has 0 aliphatic carbocycles. The Bertz CT molecular complexity index is 808. The van der Waals surface area contributed by atoms with Gasteiger partial charge in [-0.3, -0.25) is 4.79 Å². The van der Waals surface area contributed by atoms with Crippen molar-refractivity contribution >= 4 is 29.4 Å². The molecule has 2 rings (SSSR count). The molecular weight excluding hydrogens is 385 g/mol. The first-order valence-corrected chi connectivity index (χ1v) is 8.22. The van der Waals surface area contributed by atoms with Crippen LogP contribution in [-0.4, -0.2) is 25.3 Å². The number of oxime groups is 1. The van der Waals surface area contributed by atoms with Crippen LogP contribution >= 0.6 is 11.6 Å². The lowest BCUT2D eigenvalue weighted by Gasteiger charge is -2.11. The van der Waals surface area contributed by atoms with Crippen LogP contribution in [0.15, 0.2) is 47.6 Å². The molecule has 0 aliphatic heterocycles. The fraction of sp³-hybridized carbons (Fsp3) is 0.222. The Morgan fingerprint density at radius 2 is 1.93 bits per heavy atom. The van der Waals surface area contributed by atoms with Gasteiger partial charge in [-0.05, 0) is 55.0 Å². The SMILES string of the molecule is CCOc1ccc(/C=N\OCC(=O)Nc2ccc(Cl)c(C(F)(F)F)c2)cc1. The van der Waals surface area contributed by atoms with Gasteiger partial charge in [-0.1, -0.05) is 16.8 Å². The molecule has 0 aliphatic rings. The number of alkyl halides is 3. The van der Waals surface area contributed by atoms with Gasteiger partial charge in [0.05, 0.1) is 23.4 Å². The van der Waals surface area contributed by atoms with Crippen molar-refractivity contribution in [1.82, 2.24) is 0 Å². The van der Waals surface area contributed by atoms with Crippen molar-refractivity contribution in [3.63, 3.8) is 0 Å². The lowest BCUT2D eigenvalue weighted by Crippen LogP contribution is -2.17. The third-order valence-corrected chi connectivity index (χ3v) is 3.55. The average molecular weight is 401 g/mol. The number of benzene rings is 2. The molecule has 0 bridgehead atoms. The fourth-order valence-electron chi connectivity index (χ4n) is 2.03. The highest BCUT2D eigenvalue weighted by molar-refractivity contribution is 6.31. The number of anilines is 1. The van der Waals surface area contributed by atoms with Gasteiger partial charge in [0.15, 0.2) is 6.61 Å². The zero-order valence-corrected chi connectivity index (χ0v) is 15.0. The monoisotopic (exact) mass is 400 g/mol. The molecule has 1 amide bonds. The number of hydrogen-bond donors (Lipinski definition) is 1. The highest BCUT2D eigenvalue weighted by Crippen LogP contribution is 2.36. The summed E-state index contributed by atoms with van der Waals surface area (Å²) in [5, 5.41) is 5.48. The quantitative estimate of drug-likeness (QED) is 0.539. The van der Waals surface area contributed by atoms with Crippen LogP contribution < -0.4 is 10.1 Å². The van der Waals surface area contributed by atoms with Gasteiger partial charge < -0.3 is 14.9 Å². The van der Waals surface area contributed by atoms with Crippen molar-refractivity contribution in [2.24, 2.45) is 5.16 Å². The molecule has 1 N–H and O–H groups in total. The van der Waals surface area contributed by atoms with Crippen molar-refractivity contribution in [3.05, 3.63) is 58.6 Å². The van der Waals surface area contributed by atoms with Gasteiger partial charge in [-0.15, -0.1) is 0 Å². The van der Waals surface area contributed by atoms with Crippen LogP contribution in [-0.2, 0) is 15.8 Å². The summed E-state index contributed by atoms with van der Waals surface area (Å²) in [6.45, 7) is 1.98. The van der Waals surface area contributed by atoms with E-state index in [0.29, 0.717) is 6.61 Å². The van der Waals surface area contributed by atoms with E-state index in [-0.39, 0.29) is 5.69 Å². The number of carbonyl (C=O) groups is 1. The number of carbonyl (C=O) groups excluding carboxylic acids is 1. The molecule has 0 atom stereocenters. The normalized spacial score (nSPS) is 11.4. The van der Waals surface area contributed by atoms with E-state index in [4.69, 9.17) is 21.2 Å². The van der Waals surface area contributed by atoms with Crippen molar-refractivity contribution in [2.45, 2.75) is 13.1 Å². The molecule has 0 saturated heterocycles. The highest BCUT2D eigenvalue weighted by atomic mass is 35.5. The van der Waals surface area contributed by atoms with Crippen LogP contribution in [0.25, 0.3) is 0 Å². The maximum Gasteiger partial charge on any atom is 0.417 e. The zero-order valence-electron chi connectivity index (χ0n) is 14.2. The van der Waals surface area contributed by atoms with Crippen molar-refractivity contribution in [2.75, 3.05) is 18.5 Å². The van der Waals surface area contributed by atoms with Gasteiger partial charge in [0.1, 0.15) is 5.75 Å². The summed E-state index contributed by atoms with van der Waals surface area (Å²) < 4.78 is 43.7. The summed E-state index contributed by atoms with van der Waals surface area (Å²) in [6, 6.07) is 10.1. The van der Waals surface area contributed by atoms with E-state index in [1.807, 2.05) is 6.92 Å². The zero-order chi connectivity index (χ0) is 19.9. The first-order chi connectivity index (χ1) is 12.8. The standard InChI is InChI=1S/C18H16ClF3N2O3/c1-2-26-14-6-3-12(4-7-14)10-23-27-11-17(25)24-13-5-8-16(19)15(9-13)18(20,21)22/h3-10H,2,11H2,1H3,(H,24,25)/b23-10-. The first-order valence-electron chi connectivity index (χ1n) is 7.84. The van der Waals surface area contributed by atoms with E-state index >= 15 is 0 Å². The topological polar surface area (TPSA) is 59.9 Å². The third-order valence-electron chi connectivity index (χ3n) is 3.22. The van der Waals surface area contributed by atoms with E-state index < -0.39 is 29.3 Å². The van der Waals surface area contributed by atoms with E-state index in [9.17, 15) is 18.0 Å². The molecule has 0 spiro atoms. The van der Waals surface area contributed by atoms with E-state index in [1.54, 1.807) is 24.3 Å². The molecule has 5 nitrogen and oxygen atoms in total. The maximum absolute atomic E-state index is 12.8.